The van der Waals surface area contributed by atoms with Crippen LogP contribution < -0.4 is 0 Å². The van der Waals surface area contributed by atoms with Crippen LogP contribution in [-0.2, 0) is 9.53 Å². The zero-order chi connectivity index (χ0) is 15.1. The molecule has 1 atom stereocenters. The number of rotatable bonds is 7. The quantitative estimate of drug-likeness (QED) is 0.692. The first-order valence-electron chi connectivity index (χ1n) is 7.04. The third-order valence-corrected chi connectivity index (χ3v) is 3.03. The Morgan fingerprint density at radius 1 is 1.30 bits per heavy atom. The molecule has 0 aliphatic carbocycles. The number of hydrogen-bond donors (Lipinski definition) is 0. The van der Waals surface area contributed by atoms with E-state index in [1.165, 1.54) is 12.1 Å². The first kappa shape index (κ1) is 16.6. The normalized spacial score (nSPS) is 12.5. The number of hydrogen-bond acceptors (Lipinski definition) is 2. The maximum absolute atomic E-state index is 13.8. The highest BCUT2D eigenvalue weighted by atomic mass is 19.1. The fourth-order valence-electron chi connectivity index (χ4n) is 2.07. The van der Waals surface area contributed by atoms with Crippen LogP contribution in [0.1, 0.15) is 51.5 Å². The van der Waals surface area contributed by atoms with Gasteiger partial charge in [-0.1, -0.05) is 33.3 Å². The van der Waals surface area contributed by atoms with Crippen molar-refractivity contribution in [2.45, 2.75) is 46.0 Å². The Morgan fingerprint density at radius 2 is 2.00 bits per heavy atom. The molecule has 0 aliphatic rings. The zero-order valence-electron chi connectivity index (χ0n) is 12.3. The van der Waals surface area contributed by atoms with Crippen molar-refractivity contribution >= 4 is 5.97 Å². The van der Waals surface area contributed by atoms with Gasteiger partial charge in [0.2, 0.25) is 0 Å². The van der Waals surface area contributed by atoms with Crippen LogP contribution in [0.15, 0.2) is 18.2 Å². The van der Waals surface area contributed by atoms with E-state index in [1.54, 1.807) is 0 Å². The van der Waals surface area contributed by atoms with Gasteiger partial charge in [-0.05, 0) is 29.9 Å². The highest BCUT2D eigenvalue weighted by Gasteiger charge is 2.20. The summed E-state index contributed by atoms with van der Waals surface area (Å²) in [6.45, 7) is 6.24. The van der Waals surface area contributed by atoms with Gasteiger partial charge in [-0.2, -0.15) is 0 Å². The average molecular weight is 284 g/mol. The Bertz CT molecular complexity index is 444. The van der Waals surface area contributed by atoms with E-state index in [-0.39, 0.29) is 24.2 Å². The van der Waals surface area contributed by atoms with Gasteiger partial charge in [0.1, 0.15) is 11.6 Å². The minimum atomic E-state index is -0.608. The first-order valence-corrected chi connectivity index (χ1v) is 7.04. The van der Waals surface area contributed by atoms with Gasteiger partial charge >= 0.3 is 5.97 Å². The number of ether oxygens (including phenoxy) is 1. The highest BCUT2D eigenvalue weighted by molar-refractivity contribution is 5.70. The predicted octanol–water partition coefficient (Wildman–Crippen LogP) is 4.44. The summed E-state index contributed by atoms with van der Waals surface area (Å²) >= 11 is 0. The lowest BCUT2D eigenvalue weighted by Crippen LogP contribution is -2.14. The third kappa shape index (κ3) is 5.27. The van der Waals surface area contributed by atoms with E-state index in [9.17, 15) is 13.6 Å². The molecule has 0 radical (unpaired) electrons. The average Bonchev–Trinajstić information content (AvgIpc) is 2.36. The molecule has 112 valence electrons. The summed E-state index contributed by atoms with van der Waals surface area (Å²) in [5.41, 5.74) is 0.384. The summed E-state index contributed by atoms with van der Waals surface area (Å²) in [7, 11) is 0. The minimum Gasteiger partial charge on any atom is -0.465 e. The number of benzene rings is 1. The molecule has 0 heterocycles. The second kappa shape index (κ2) is 7.98. The summed E-state index contributed by atoms with van der Waals surface area (Å²) in [6.07, 6.45) is 1.61. The molecule has 0 bridgehead atoms. The molecule has 0 saturated heterocycles. The third-order valence-electron chi connectivity index (χ3n) is 3.03. The van der Waals surface area contributed by atoms with E-state index in [0.29, 0.717) is 18.6 Å². The van der Waals surface area contributed by atoms with Gasteiger partial charge in [0.15, 0.2) is 0 Å². The molecule has 0 N–H and O–H groups in total. The van der Waals surface area contributed by atoms with Crippen LogP contribution in [0.3, 0.4) is 0 Å². The number of esters is 1. The van der Waals surface area contributed by atoms with Crippen molar-refractivity contribution in [2.24, 2.45) is 5.92 Å². The largest absolute Gasteiger partial charge is 0.465 e. The SMILES string of the molecule is CCC[C@H](CC(=O)OCC(C)C)c1ccc(F)cc1F. The lowest BCUT2D eigenvalue weighted by molar-refractivity contribution is -0.145. The van der Waals surface area contributed by atoms with Crippen molar-refractivity contribution in [3.63, 3.8) is 0 Å². The van der Waals surface area contributed by atoms with Crippen LogP contribution in [0, 0.1) is 17.6 Å². The molecule has 4 heteroatoms. The van der Waals surface area contributed by atoms with Crippen molar-refractivity contribution in [3.8, 4) is 0 Å². The van der Waals surface area contributed by atoms with Crippen LogP contribution in [-0.4, -0.2) is 12.6 Å². The van der Waals surface area contributed by atoms with Gasteiger partial charge in [0.05, 0.1) is 13.0 Å². The van der Waals surface area contributed by atoms with E-state index >= 15 is 0 Å². The van der Waals surface area contributed by atoms with E-state index in [0.717, 1.165) is 12.5 Å². The van der Waals surface area contributed by atoms with Gasteiger partial charge in [0.25, 0.3) is 0 Å². The van der Waals surface area contributed by atoms with Crippen molar-refractivity contribution in [3.05, 3.63) is 35.4 Å². The maximum Gasteiger partial charge on any atom is 0.306 e. The Kier molecular flexibility index (Phi) is 6.62. The van der Waals surface area contributed by atoms with E-state index in [2.05, 4.69) is 0 Å². The molecule has 0 unspecified atom stereocenters. The Morgan fingerprint density at radius 3 is 2.55 bits per heavy atom. The monoisotopic (exact) mass is 284 g/mol. The highest BCUT2D eigenvalue weighted by Crippen LogP contribution is 2.28. The standard InChI is InChI=1S/C16H22F2O2/c1-4-5-12(8-16(19)20-10-11(2)3)14-7-6-13(17)9-15(14)18/h6-7,9,11-12H,4-5,8,10H2,1-3H3/t12-/m1/s1. The molecule has 1 rings (SSSR count). The topological polar surface area (TPSA) is 26.3 Å². The lowest BCUT2D eigenvalue weighted by Gasteiger charge is -2.17. The molecule has 1 aromatic carbocycles. The Labute approximate surface area is 119 Å². The fourth-order valence-corrected chi connectivity index (χ4v) is 2.07. The smallest absolute Gasteiger partial charge is 0.306 e. The van der Waals surface area contributed by atoms with Crippen molar-refractivity contribution in [2.75, 3.05) is 6.61 Å². The molecule has 0 amide bonds. The molecule has 0 aliphatic heterocycles. The summed E-state index contributed by atoms with van der Waals surface area (Å²) in [6, 6.07) is 3.50. The van der Waals surface area contributed by atoms with Crippen LogP contribution in [0.5, 0.6) is 0 Å². The van der Waals surface area contributed by atoms with E-state index in [1.807, 2.05) is 20.8 Å². The molecule has 0 aromatic heterocycles. The number of halogens is 2. The van der Waals surface area contributed by atoms with Gasteiger partial charge in [-0.15, -0.1) is 0 Å². The van der Waals surface area contributed by atoms with E-state index < -0.39 is 11.6 Å². The summed E-state index contributed by atoms with van der Waals surface area (Å²) in [4.78, 5) is 11.8. The summed E-state index contributed by atoms with van der Waals surface area (Å²) < 4.78 is 31.9. The van der Waals surface area contributed by atoms with Crippen LogP contribution in [0.4, 0.5) is 8.78 Å². The second-order valence-corrected chi connectivity index (χ2v) is 5.43. The maximum atomic E-state index is 13.8. The number of carbonyl (C=O) groups excluding carboxylic acids is 1. The van der Waals surface area contributed by atoms with Crippen LogP contribution in [0.2, 0.25) is 0 Å². The van der Waals surface area contributed by atoms with Crippen LogP contribution in [0.25, 0.3) is 0 Å². The number of carbonyl (C=O) groups is 1. The molecule has 20 heavy (non-hydrogen) atoms. The Balaban J connectivity index is 2.75. The molecule has 1 aromatic rings. The lowest BCUT2D eigenvalue weighted by atomic mass is 9.91. The minimum absolute atomic E-state index is 0.128. The van der Waals surface area contributed by atoms with Crippen molar-refractivity contribution < 1.29 is 18.3 Å². The van der Waals surface area contributed by atoms with Gasteiger partial charge < -0.3 is 4.74 Å². The Hall–Kier alpha value is -1.45. The van der Waals surface area contributed by atoms with Crippen molar-refractivity contribution in [1.29, 1.82) is 0 Å². The first-order chi connectivity index (χ1) is 9.43. The molecular weight excluding hydrogens is 262 g/mol. The molecule has 0 saturated carbocycles. The molecule has 0 fully saturated rings. The second-order valence-electron chi connectivity index (χ2n) is 5.43. The summed E-state index contributed by atoms with van der Waals surface area (Å²) in [5.74, 6) is -1.53. The van der Waals surface area contributed by atoms with Crippen LogP contribution >= 0.6 is 0 Å². The zero-order valence-corrected chi connectivity index (χ0v) is 12.3. The van der Waals surface area contributed by atoms with Gasteiger partial charge in [-0.3, -0.25) is 4.79 Å². The predicted molar refractivity (Wildman–Crippen MR) is 74.4 cm³/mol. The van der Waals surface area contributed by atoms with E-state index in [4.69, 9.17) is 4.74 Å². The molecule has 0 spiro atoms. The van der Waals surface area contributed by atoms with Gasteiger partial charge in [0, 0.05) is 6.07 Å². The van der Waals surface area contributed by atoms with Gasteiger partial charge in [-0.25, -0.2) is 8.78 Å². The fraction of sp³-hybridized carbons (Fsp3) is 0.562. The summed E-state index contributed by atoms with van der Waals surface area (Å²) in [5, 5.41) is 0. The molecule has 2 nitrogen and oxygen atoms in total. The van der Waals surface area contributed by atoms with Crippen molar-refractivity contribution in [1.82, 2.24) is 0 Å². The molecular formula is C16H22F2O2.